The van der Waals surface area contributed by atoms with Crippen LogP contribution in [0.3, 0.4) is 0 Å². The first-order chi connectivity index (χ1) is 9.52. The summed E-state index contributed by atoms with van der Waals surface area (Å²) in [6.45, 7) is 2.31. The fourth-order valence-corrected chi connectivity index (χ4v) is 2.62. The first-order valence-corrected chi connectivity index (χ1v) is 6.81. The maximum absolute atomic E-state index is 13.3. The lowest BCUT2D eigenvalue weighted by Crippen LogP contribution is -2.16. The van der Waals surface area contributed by atoms with Crippen LogP contribution in [0.25, 0.3) is 0 Å². The maximum atomic E-state index is 13.3. The van der Waals surface area contributed by atoms with E-state index in [0.717, 1.165) is 6.07 Å². The van der Waals surface area contributed by atoms with Crippen molar-refractivity contribution in [3.63, 3.8) is 0 Å². The van der Waals surface area contributed by atoms with E-state index in [4.69, 9.17) is 5.11 Å². The van der Waals surface area contributed by atoms with E-state index in [1.807, 2.05) is 6.92 Å². The van der Waals surface area contributed by atoms with Crippen molar-refractivity contribution in [1.82, 2.24) is 14.8 Å². The molecule has 2 N–H and O–H groups in total. The Bertz CT molecular complexity index is 695. The molecule has 0 aliphatic heterocycles. The average Bonchev–Trinajstić information content (AvgIpc) is 2.77. The molecule has 0 spiro atoms. The van der Waals surface area contributed by atoms with Crippen molar-refractivity contribution in [3.05, 3.63) is 45.6 Å². The van der Waals surface area contributed by atoms with E-state index in [9.17, 15) is 14.0 Å². The molecule has 106 valence electrons. The Morgan fingerprint density at radius 2 is 2.30 bits per heavy atom. The molecule has 0 bridgehead atoms. The van der Waals surface area contributed by atoms with Crippen LogP contribution in [-0.4, -0.2) is 25.8 Å². The fourth-order valence-electron chi connectivity index (χ4n) is 1.67. The zero-order chi connectivity index (χ0) is 14.7. The molecule has 1 aromatic heterocycles. The van der Waals surface area contributed by atoms with Crippen LogP contribution in [0.2, 0.25) is 0 Å². The number of aromatic amines is 1. The average molecular weight is 297 g/mol. The number of carboxylic acids is 1. The second-order valence-electron chi connectivity index (χ2n) is 3.96. The molecule has 0 radical (unpaired) electrons. The molecule has 2 aromatic rings. The fraction of sp³-hybridized carbons (Fsp3) is 0.250. The van der Waals surface area contributed by atoms with Crippen molar-refractivity contribution in [3.8, 4) is 0 Å². The topological polar surface area (TPSA) is 88.0 Å². The van der Waals surface area contributed by atoms with Gasteiger partial charge in [-0.3, -0.25) is 4.57 Å². The maximum Gasteiger partial charge on any atom is 0.343 e. The Morgan fingerprint density at radius 3 is 2.95 bits per heavy atom. The summed E-state index contributed by atoms with van der Waals surface area (Å²) in [7, 11) is 0. The van der Waals surface area contributed by atoms with Gasteiger partial charge in [0.25, 0.3) is 0 Å². The molecule has 0 saturated heterocycles. The predicted octanol–water partition coefficient (Wildman–Crippen LogP) is 1.72. The smallest absolute Gasteiger partial charge is 0.343 e. The number of H-pyrrole nitrogens is 1. The SMILES string of the molecule is CCn1c(SCc2ccc(F)c(C(=O)O)c2)n[nH]c1=O. The number of thioether (sulfide) groups is 1. The number of halogens is 1. The number of nitrogens with zero attached hydrogens (tertiary/aromatic N) is 2. The van der Waals surface area contributed by atoms with Gasteiger partial charge in [-0.15, -0.1) is 5.10 Å². The first-order valence-electron chi connectivity index (χ1n) is 5.82. The second-order valence-corrected chi connectivity index (χ2v) is 4.91. The molecule has 1 heterocycles. The Balaban J connectivity index is 2.17. The van der Waals surface area contributed by atoms with E-state index < -0.39 is 11.8 Å². The molecular formula is C12H12FN3O3S. The molecule has 1 aromatic carbocycles. The van der Waals surface area contributed by atoms with Gasteiger partial charge >= 0.3 is 11.7 Å². The van der Waals surface area contributed by atoms with Gasteiger partial charge in [0.1, 0.15) is 5.82 Å². The lowest BCUT2D eigenvalue weighted by Gasteiger charge is -2.04. The standard InChI is InChI=1S/C12H12FN3O3S/c1-2-16-11(19)14-15-12(16)20-6-7-3-4-9(13)8(5-7)10(17)18/h3-5H,2,6H2,1H3,(H,14,19)(H,17,18). The van der Waals surface area contributed by atoms with Crippen LogP contribution in [-0.2, 0) is 12.3 Å². The van der Waals surface area contributed by atoms with Crippen LogP contribution in [0.4, 0.5) is 4.39 Å². The van der Waals surface area contributed by atoms with Crippen LogP contribution in [0.15, 0.2) is 28.2 Å². The highest BCUT2D eigenvalue weighted by Gasteiger charge is 2.12. The summed E-state index contributed by atoms with van der Waals surface area (Å²) in [6.07, 6.45) is 0. The van der Waals surface area contributed by atoms with Gasteiger partial charge in [0.05, 0.1) is 5.56 Å². The molecule has 0 aliphatic carbocycles. The molecule has 0 fully saturated rings. The molecule has 8 heteroatoms. The minimum absolute atomic E-state index is 0.291. The molecule has 2 rings (SSSR count). The van der Waals surface area contributed by atoms with Gasteiger partial charge in [0.2, 0.25) is 0 Å². The molecule has 0 atom stereocenters. The van der Waals surface area contributed by atoms with E-state index in [0.29, 0.717) is 23.0 Å². The first kappa shape index (κ1) is 14.3. The zero-order valence-electron chi connectivity index (χ0n) is 10.6. The zero-order valence-corrected chi connectivity index (χ0v) is 11.4. The van der Waals surface area contributed by atoms with Crippen molar-refractivity contribution in [2.24, 2.45) is 0 Å². The lowest BCUT2D eigenvalue weighted by atomic mass is 10.1. The monoisotopic (exact) mass is 297 g/mol. The van der Waals surface area contributed by atoms with Crippen LogP contribution in [0, 0.1) is 5.82 Å². The number of aromatic carboxylic acids is 1. The Morgan fingerprint density at radius 1 is 1.55 bits per heavy atom. The van der Waals surface area contributed by atoms with Gasteiger partial charge in [0.15, 0.2) is 5.16 Å². The number of aromatic nitrogens is 3. The largest absolute Gasteiger partial charge is 0.478 e. The number of benzene rings is 1. The Hall–Kier alpha value is -2.09. The molecular weight excluding hydrogens is 285 g/mol. The highest BCUT2D eigenvalue weighted by molar-refractivity contribution is 7.98. The van der Waals surface area contributed by atoms with Gasteiger partial charge in [-0.05, 0) is 24.6 Å². The predicted molar refractivity (Wildman–Crippen MR) is 71.4 cm³/mol. The third-order valence-corrected chi connectivity index (χ3v) is 3.72. The van der Waals surface area contributed by atoms with Crippen LogP contribution >= 0.6 is 11.8 Å². The van der Waals surface area contributed by atoms with Crippen LogP contribution in [0.1, 0.15) is 22.8 Å². The number of hydrogen-bond acceptors (Lipinski definition) is 4. The third kappa shape index (κ3) is 2.90. The van der Waals surface area contributed by atoms with E-state index in [-0.39, 0.29) is 11.3 Å². The molecule has 20 heavy (non-hydrogen) atoms. The van der Waals surface area contributed by atoms with Crippen molar-refractivity contribution in [1.29, 1.82) is 0 Å². The summed E-state index contributed by atoms with van der Waals surface area (Å²) < 4.78 is 14.7. The molecule has 0 aliphatic rings. The molecule has 0 unspecified atom stereocenters. The quantitative estimate of drug-likeness (QED) is 0.820. The minimum Gasteiger partial charge on any atom is -0.478 e. The number of rotatable bonds is 5. The highest BCUT2D eigenvalue weighted by Crippen LogP contribution is 2.21. The van der Waals surface area contributed by atoms with Gasteiger partial charge in [0, 0.05) is 12.3 Å². The number of hydrogen-bond donors (Lipinski definition) is 2. The van der Waals surface area contributed by atoms with E-state index >= 15 is 0 Å². The van der Waals surface area contributed by atoms with Gasteiger partial charge in [-0.25, -0.2) is 19.1 Å². The number of carbonyl (C=O) groups is 1. The minimum atomic E-state index is -1.31. The summed E-state index contributed by atoms with van der Waals surface area (Å²) in [5, 5.41) is 15.6. The second kappa shape index (κ2) is 5.91. The highest BCUT2D eigenvalue weighted by atomic mass is 32.2. The van der Waals surface area contributed by atoms with Crippen molar-refractivity contribution >= 4 is 17.7 Å². The summed E-state index contributed by atoms with van der Waals surface area (Å²) in [5.74, 6) is -1.68. The van der Waals surface area contributed by atoms with Crippen molar-refractivity contribution < 1.29 is 14.3 Å². The lowest BCUT2D eigenvalue weighted by molar-refractivity contribution is 0.0692. The summed E-state index contributed by atoms with van der Waals surface area (Å²) in [4.78, 5) is 22.2. The van der Waals surface area contributed by atoms with Gasteiger partial charge < -0.3 is 5.11 Å². The summed E-state index contributed by atoms with van der Waals surface area (Å²) >= 11 is 1.28. The van der Waals surface area contributed by atoms with Crippen molar-refractivity contribution in [2.45, 2.75) is 24.4 Å². The summed E-state index contributed by atoms with van der Waals surface area (Å²) in [6, 6.07) is 3.92. The number of carboxylic acid groups (broad SMARTS) is 1. The summed E-state index contributed by atoms with van der Waals surface area (Å²) in [5.41, 5.74) is -0.00903. The van der Waals surface area contributed by atoms with E-state index in [2.05, 4.69) is 10.2 Å². The van der Waals surface area contributed by atoms with Gasteiger partial charge in [-0.1, -0.05) is 17.8 Å². The third-order valence-electron chi connectivity index (χ3n) is 2.67. The van der Waals surface area contributed by atoms with Crippen LogP contribution < -0.4 is 5.69 Å². The normalized spacial score (nSPS) is 10.7. The van der Waals surface area contributed by atoms with Crippen molar-refractivity contribution in [2.75, 3.05) is 0 Å². The molecule has 6 nitrogen and oxygen atoms in total. The molecule has 0 amide bonds. The number of nitrogens with one attached hydrogen (secondary N) is 1. The van der Waals surface area contributed by atoms with E-state index in [1.165, 1.54) is 28.5 Å². The van der Waals surface area contributed by atoms with Gasteiger partial charge in [-0.2, -0.15) is 0 Å². The van der Waals surface area contributed by atoms with E-state index in [1.54, 1.807) is 0 Å². The Kier molecular flexibility index (Phi) is 4.23. The Labute approximate surface area is 117 Å². The molecule has 0 saturated carbocycles. The van der Waals surface area contributed by atoms with Crippen LogP contribution in [0.5, 0.6) is 0 Å².